The average Bonchev–Trinajstić information content (AvgIpc) is 2.68. The fourth-order valence-corrected chi connectivity index (χ4v) is 6.45. The normalized spacial score (nSPS) is 11.1. The Morgan fingerprint density at radius 3 is 1.71 bits per heavy atom. The molecule has 0 heterocycles. The fourth-order valence-electron chi connectivity index (χ4n) is 3.03. The topological polar surface area (TPSA) is 26.3 Å². The summed E-state index contributed by atoms with van der Waals surface area (Å²) >= 11 is 0. The van der Waals surface area contributed by atoms with Crippen LogP contribution in [0.3, 0.4) is 0 Å². The van der Waals surface area contributed by atoms with E-state index < -0.39 is 7.26 Å². The molecule has 2 nitrogen and oxygen atoms in total. The van der Waals surface area contributed by atoms with Gasteiger partial charge in [-0.25, -0.2) is 4.79 Å². The summed E-state index contributed by atoms with van der Waals surface area (Å²) in [5, 5.41) is 3.54. The second-order valence-corrected chi connectivity index (χ2v) is 9.21. The highest BCUT2D eigenvalue weighted by Crippen LogP contribution is 2.52. The third kappa shape index (κ3) is 2.86. The highest BCUT2D eigenvalue weighted by molar-refractivity contribution is 7.95. The van der Waals surface area contributed by atoms with Crippen LogP contribution in [0.5, 0.6) is 0 Å². The molecule has 0 radical (unpaired) electrons. The van der Waals surface area contributed by atoms with E-state index in [-0.39, 0.29) is 5.97 Å². The van der Waals surface area contributed by atoms with E-state index in [2.05, 4.69) is 61.3 Å². The summed E-state index contributed by atoms with van der Waals surface area (Å²) in [4.78, 5) is 12.3. The van der Waals surface area contributed by atoms with Crippen LogP contribution in [0.25, 0.3) is 0 Å². The summed E-state index contributed by atoms with van der Waals surface area (Å²) in [5.41, 5.74) is 0.642. The van der Waals surface area contributed by atoms with E-state index in [4.69, 9.17) is 4.74 Å². The number of rotatable bonds is 4. The number of ether oxygens (including phenoxy) is 1. The maximum Gasteiger partial charge on any atom is 0.341 e. The first-order chi connectivity index (χ1) is 11.7. The zero-order valence-electron chi connectivity index (χ0n) is 13.8. The van der Waals surface area contributed by atoms with Gasteiger partial charge in [0.1, 0.15) is 28.7 Å². The Hall–Kier alpha value is -2.44. The van der Waals surface area contributed by atoms with Crippen molar-refractivity contribution in [3.63, 3.8) is 0 Å². The average molecular weight is 335 g/mol. The molecule has 0 unspecified atom stereocenters. The summed E-state index contributed by atoms with van der Waals surface area (Å²) in [6, 6.07) is 28.6. The Bertz CT molecular complexity index is 789. The first kappa shape index (κ1) is 16.4. The SMILES string of the molecule is COC(=O)c1ccccc1[P+](C)(c1ccccc1)c1ccccc1. The van der Waals surface area contributed by atoms with Gasteiger partial charge in [0.25, 0.3) is 0 Å². The molecule has 3 aromatic rings. The maximum absolute atomic E-state index is 12.3. The van der Waals surface area contributed by atoms with Gasteiger partial charge in [-0.05, 0) is 36.4 Å². The largest absolute Gasteiger partial charge is 0.465 e. The molecular formula is C21H20O2P+. The van der Waals surface area contributed by atoms with Gasteiger partial charge in [0, 0.05) is 0 Å². The number of methoxy groups -OCH3 is 1. The molecule has 0 N–H and O–H groups in total. The molecule has 3 aromatic carbocycles. The number of hydrogen-bond acceptors (Lipinski definition) is 2. The van der Waals surface area contributed by atoms with Crippen LogP contribution in [0.2, 0.25) is 0 Å². The van der Waals surface area contributed by atoms with Crippen molar-refractivity contribution < 1.29 is 9.53 Å². The van der Waals surface area contributed by atoms with Crippen LogP contribution in [0.4, 0.5) is 0 Å². The molecule has 0 saturated heterocycles. The zero-order valence-corrected chi connectivity index (χ0v) is 14.7. The van der Waals surface area contributed by atoms with E-state index in [1.165, 1.54) is 17.7 Å². The van der Waals surface area contributed by atoms with Crippen LogP contribution in [0, 0.1) is 0 Å². The summed E-state index contributed by atoms with van der Waals surface area (Å²) in [6.07, 6.45) is 0. The molecule has 0 aliphatic carbocycles. The lowest BCUT2D eigenvalue weighted by Crippen LogP contribution is -2.33. The Kier molecular flexibility index (Phi) is 4.78. The number of benzene rings is 3. The lowest BCUT2D eigenvalue weighted by atomic mass is 10.2. The van der Waals surface area contributed by atoms with Crippen LogP contribution >= 0.6 is 7.26 Å². The number of hydrogen-bond donors (Lipinski definition) is 0. The fraction of sp³-hybridized carbons (Fsp3) is 0.0952. The van der Waals surface area contributed by atoms with E-state index in [0.29, 0.717) is 5.56 Å². The Morgan fingerprint density at radius 1 is 0.750 bits per heavy atom. The van der Waals surface area contributed by atoms with Gasteiger partial charge in [0.05, 0.1) is 13.8 Å². The monoisotopic (exact) mass is 335 g/mol. The molecular weight excluding hydrogens is 315 g/mol. The molecule has 120 valence electrons. The molecule has 3 heteroatoms. The molecule has 0 bridgehead atoms. The minimum Gasteiger partial charge on any atom is -0.465 e. The zero-order chi connectivity index (χ0) is 17.0. The maximum atomic E-state index is 12.3. The van der Waals surface area contributed by atoms with Crippen LogP contribution < -0.4 is 15.9 Å². The Balaban J connectivity index is 2.31. The first-order valence-corrected chi connectivity index (χ1v) is 10.1. The number of carbonyl (C=O) groups is 1. The lowest BCUT2D eigenvalue weighted by molar-refractivity contribution is 0.0602. The standard InChI is InChI=1S/C21H20O2P/c1-23-21(22)19-15-9-10-16-20(19)24(2,17-11-5-3-6-12-17)18-13-7-4-8-14-18/h3-16H,1-2H3/q+1. The van der Waals surface area contributed by atoms with Crippen molar-refractivity contribution in [1.82, 2.24) is 0 Å². The number of carbonyl (C=O) groups excluding carboxylic acids is 1. The first-order valence-electron chi connectivity index (χ1n) is 7.83. The third-order valence-corrected chi connectivity index (χ3v) is 8.35. The quantitative estimate of drug-likeness (QED) is 0.540. The van der Waals surface area contributed by atoms with Crippen LogP contribution in [-0.2, 0) is 4.74 Å². The second kappa shape index (κ2) is 6.98. The van der Waals surface area contributed by atoms with Gasteiger partial charge in [-0.15, -0.1) is 0 Å². The number of esters is 1. The van der Waals surface area contributed by atoms with E-state index in [9.17, 15) is 4.79 Å². The molecule has 3 rings (SSSR count). The molecule has 0 aliphatic heterocycles. The van der Waals surface area contributed by atoms with Crippen LogP contribution in [0.15, 0.2) is 84.9 Å². The van der Waals surface area contributed by atoms with Gasteiger partial charge in [0.2, 0.25) is 0 Å². The van der Waals surface area contributed by atoms with Crippen molar-refractivity contribution in [1.29, 1.82) is 0 Å². The summed E-state index contributed by atoms with van der Waals surface area (Å²) < 4.78 is 5.02. The van der Waals surface area contributed by atoms with E-state index in [1.807, 2.05) is 30.3 Å². The van der Waals surface area contributed by atoms with E-state index in [1.54, 1.807) is 0 Å². The predicted octanol–water partition coefficient (Wildman–Crippen LogP) is 3.40. The molecule has 24 heavy (non-hydrogen) atoms. The highest BCUT2D eigenvalue weighted by atomic mass is 31.2. The summed E-state index contributed by atoms with van der Waals surface area (Å²) in [6.45, 7) is 2.26. The Labute approximate surface area is 143 Å². The van der Waals surface area contributed by atoms with Crippen molar-refractivity contribution in [2.45, 2.75) is 0 Å². The predicted molar refractivity (Wildman–Crippen MR) is 102 cm³/mol. The molecule has 0 saturated carbocycles. The van der Waals surface area contributed by atoms with E-state index in [0.717, 1.165) is 5.30 Å². The van der Waals surface area contributed by atoms with Crippen molar-refractivity contribution >= 4 is 29.1 Å². The van der Waals surface area contributed by atoms with Crippen LogP contribution in [-0.4, -0.2) is 19.7 Å². The molecule has 0 amide bonds. The van der Waals surface area contributed by atoms with Crippen molar-refractivity contribution in [2.24, 2.45) is 0 Å². The van der Waals surface area contributed by atoms with Crippen molar-refractivity contribution in [3.05, 3.63) is 90.5 Å². The van der Waals surface area contributed by atoms with Crippen LogP contribution in [0.1, 0.15) is 10.4 Å². The third-order valence-electron chi connectivity index (χ3n) is 4.34. The molecule has 0 atom stereocenters. The summed E-state index contributed by atoms with van der Waals surface area (Å²) in [7, 11) is -0.501. The van der Waals surface area contributed by atoms with Gasteiger partial charge in [0.15, 0.2) is 0 Å². The van der Waals surface area contributed by atoms with Gasteiger partial charge >= 0.3 is 5.97 Å². The highest BCUT2D eigenvalue weighted by Gasteiger charge is 2.42. The lowest BCUT2D eigenvalue weighted by Gasteiger charge is -2.24. The van der Waals surface area contributed by atoms with Crippen molar-refractivity contribution in [2.75, 3.05) is 13.8 Å². The van der Waals surface area contributed by atoms with Crippen molar-refractivity contribution in [3.8, 4) is 0 Å². The molecule has 0 aliphatic rings. The molecule has 0 aromatic heterocycles. The minimum absolute atomic E-state index is 0.288. The Morgan fingerprint density at radius 2 is 1.21 bits per heavy atom. The summed E-state index contributed by atoms with van der Waals surface area (Å²) in [5.74, 6) is -0.288. The van der Waals surface area contributed by atoms with Gasteiger partial charge in [-0.1, -0.05) is 48.5 Å². The van der Waals surface area contributed by atoms with Gasteiger partial charge in [-0.2, -0.15) is 0 Å². The molecule has 0 spiro atoms. The minimum atomic E-state index is -1.93. The van der Waals surface area contributed by atoms with E-state index >= 15 is 0 Å². The van der Waals surface area contributed by atoms with Gasteiger partial charge in [-0.3, -0.25) is 0 Å². The molecule has 0 fully saturated rings. The van der Waals surface area contributed by atoms with Gasteiger partial charge < -0.3 is 4.74 Å². The second-order valence-electron chi connectivity index (χ2n) is 5.69. The smallest absolute Gasteiger partial charge is 0.341 e.